The number of halogens is 3. The summed E-state index contributed by atoms with van der Waals surface area (Å²) in [6.45, 7) is 1.05. The molecule has 0 saturated heterocycles. The molecule has 0 aromatic carbocycles. The molecule has 0 amide bonds. The van der Waals surface area contributed by atoms with E-state index in [1.165, 1.54) is 0 Å². The van der Waals surface area contributed by atoms with E-state index in [2.05, 4.69) is 0 Å². The molecule has 0 aromatic rings. The van der Waals surface area contributed by atoms with Crippen molar-refractivity contribution < 1.29 is 0 Å². The zero-order valence-electron chi connectivity index (χ0n) is 3.87. The van der Waals surface area contributed by atoms with Crippen LogP contribution in [0.2, 0.25) is 0 Å². The van der Waals surface area contributed by atoms with Crippen LogP contribution in [0.1, 0.15) is 6.92 Å². The zero-order chi connectivity index (χ0) is 5.86. The van der Waals surface area contributed by atoms with Crippen LogP contribution >= 0.6 is 40.7 Å². The fraction of sp³-hybridized carbons (Fsp3) is 1.00. The van der Waals surface area contributed by atoms with E-state index in [0.29, 0.717) is 0 Å². The molecular formula is C3H6Cl3P. The predicted molar refractivity (Wildman–Crippen MR) is 38.8 cm³/mol. The molecule has 0 saturated carbocycles. The Bertz CT molecular complexity index is 39.4. The van der Waals surface area contributed by atoms with Gasteiger partial charge in [-0.2, -0.15) is 0 Å². The van der Waals surface area contributed by atoms with Crippen LogP contribution in [0.3, 0.4) is 0 Å². The lowest BCUT2D eigenvalue weighted by Crippen LogP contribution is -1.91. The van der Waals surface area contributed by atoms with Crippen molar-refractivity contribution in [2.45, 2.75) is 12.3 Å². The Labute approximate surface area is 59.5 Å². The molecule has 0 aliphatic heterocycles. The van der Waals surface area contributed by atoms with Crippen molar-refractivity contribution in [2.75, 3.05) is 6.16 Å². The van der Waals surface area contributed by atoms with Gasteiger partial charge >= 0.3 is 0 Å². The van der Waals surface area contributed by atoms with Crippen LogP contribution < -0.4 is 0 Å². The second kappa shape index (κ2) is 4.21. The van der Waals surface area contributed by atoms with Crippen molar-refractivity contribution in [3.8, 4) is 0 Å². The van der Waals surface area contributed by atoms with Crippen LogP contribution in [0.4, 0.5) is 0 Å². The molecule has 7 heavy (non-hydrogen) atoms. The fourth-order valence-corrected chi connectivity index (χ4v) is 2.65. The first kappa shape index (κ1) is 8.30. The average molecular weight is 179 g/mol. The Morgan fingerprint density at radius 2 is 2.00 bits per heavy atom. The van der Waals surface area contributed by atoms with Gasteiger partial charge in [-0.05, 0) is 6.92 Å². The summed E-state index contributed by atoms with van der Waals surface area (Å²) in [7, 11) is 0. The highest BCUT2D eigenvalue weighted by molar-refractivity contribution is 8.03. The molecule has 0 spiro atoms. The second-order valence-electron chi connectivity index (χ2n) is 1.27. The SMILES string of the molecule is CC(Cl)CP(Cl)Cl. The monoisotopic (exact) mass is 178 g/mol. The van der Waals surface area contributed by atoms with Gasteiger partial charge in [0.05, 0.1) is 6.63 Å². The molecule has 0 aliphatic carbocycles. The van der Waals surface area contributed by atoms with E-state index in [9.17, 15) is 0 Å². The molecule has 1 unspecified atom stereocenters. The van der Waals surface area contributed by atoms with Crippen LogP contribution in [0.15, 0.2) is 0 Å². The first-order valence-corrected chi connectivity index (χ1v) is 5.63. The number of hydrogen-bond acceptors (Lipinski definition) is 0. The third-order valence-corrected chi connectivity index (χ3v) is 2.41. The van der Waals surface area contributed by atoms with E-state index in [0.717, 1.165) is 6.16 Å². The Morgan fingerprint density at radius 1 is 1.57 bits per heavy atom. The molecule has 0 radical (unpaired) electrons. The summed E-state index contributed by atoms with van der Waals surface area (Å²) in [5.41, 5.74) is 0. The van der Waals surface area contributed by atoms with Gasteiger partial charge in [0.25, 0.3) is 0 Å². The molecule has 0 aliphatic rings. The summed E-state index contributed by atoms with van der Waals surface area (Å²) in [5.74, 6) is 0. The van der Waals surface area contributed by atoms with Gasteiger partial charge in [0.1, 0.15) is 0 Å². The van der Waals surface area contributed by atoms with Crippen molar-refractivity contribution in [2.24, 2.45) is 0 Å². The summed E-state index contributed by atoms with van der Waals surface area (Å²) in [5, 5.41) is 0.112. The van der Waals surface area contributed by atoms with Crippen LogP contribution in [-0.2, 0) is 0 Å². The number of alkyl halides is 1. The molecule has 0 bridgehead atoms. The highest BCUT2D eigenvalue weighted by atomic mass is 35.9. The molecule has 44 valence electrons. The van der Waals surface area contributed by atoms with Crippen molar-refractivity contribution in [1.29, 1.82) is 0 Å². The van der Waals surface area contributed by atoms with Crippen molar-refractivity contribution in [3.63, 3.8) is 0 Å². The maximum atomic E-state index is 5.52. The Hall–Kier alpha value is 1.30. The van der Waals surface area contributed by atoms with Gasteiger partial charge < -0.3 is 0 Å². The van der Waals surface area contributed by atoms with Gasteiger partial charge in [-0.15, -0.1) is 11.6 Å². The molecule has 0 heterocycles. The van der Waals surface area contributed by atoms with E-state index in [1.807, 2.05) is 6.92 Å². The van der Waals surface area contributed by atoms with Gasteiger partial charge in [-0.3, -0.25) is 0 Å². The normalized spacial score (nSPS) is 15.0. The lowest BCUT2D eigenvalue weighted by molar-refractivity contribution is 1.11. The van der Waals surface area contributed by atoms with E-state index < -0.39 is 6.63 Å². The molecule has 0 fully saturated rings. The Morgan fingerprint density at radius 3 is 2.00 bits per heavy atom. The maximum Gasteiger partial charge on any atom is 0.0869 e. The third-order valence-electron chi connectivity index (χ3n) is 0.390. The molecular weight excluding hydrogens is 173 g/mol. The van der Waals surface area contributed by atoms with E-state index in [-0.39, 0.29) is 5.38 Å². The number of rotatable bonds is 2. The molecule has 0 aromatic heterocycles. The summed E-state index contributed by atoms with van der Waals surface area (Å²) < 4.78 is 0. The van der Waals surface area contributed by atoms with E-state index in [4.69, 9.17) is 34.1 Å². The summed E-state index contributed by atoms with van der Waals surface area (Å²) in [6, 6.07) is 0. The fourth-order valence-electron chi connectivity index (χ4n) is 0.190. The topological polar surface area (TPSA) is 0 Å². The minimum absolute atomic E-state index is 0.112. The first-order valence-electron chi connectivity index (χ1n) is 1.86. The smallest absolute Gasteiger partial charge is 0.0869 e. The molecule has 0 N–H and O–H groups in total. The van der Waals surface area contributed by atoms with Crippen molar-refractivity contribution >= 4 is 40.7 Å². The standard InChI is InChI=1S/C3H6Cl3P/c1-3(4)2-7(5)6/h3H,2H2,1H3. The van der Waals surface area contributed by atoms with Crippen LogP contribution in [0.25, 0.3) is 0 Å². The van der Waals surface area contributed by atoms with Crippen molar-refractivity contribution in [1.82, 2.24) is 0 Å². The van der Waals surface area contributed by atoms with Gasteiger partial charge in [-0.1, -0.05) is 22.5 Å². The van der Waals surface area contributed by atoms with Gasteiger partial charge in [0.15, 0.2) is 0 Å². The molecule has 1 atom stereocenters. The lowest BCUT2D eigenvalue weighted by atomic mass is 10.6. The lowest BCUT2D eigenvalue weighted by Gasteiger charge is -1.99. The van der Waals surface area contributed by atoms with Crippen molar-refractivity contribution in [3.05, 3.63) is 0 Å². The maximum absolute atomic E-state index is 5.52. The summed E-state index contributed by atoms with van der Waals surface area (Å²) in [4.78, 5) is 0. The summed E-state index contributed by atoms with van der Waals surface area (Å²) in [6.07, 6.45) is 0.722. The van der Waals surface area contributed by atoms with E-state index in [1.54, 1.807) is 0 Å². The highest BCUT2D eigenvalue weighted by Gasteiger charge is 2.02. The predicted octanol–water partition coefficient (Wildman–Crippen LogP) is 3.40. The van der Waals surface area contributed by atoms with Gasteiger partial charge in [-0.25, -0.2) is 0 Å². The highest BCUT2D eigenvalue weighted by Crippen LogP contribution is 2.47. The second-order valence-corrected chi connectivity index (χ2v) is 5.95. The molecule has 0 nitrogen and oxygen atoms in total. The summed E-state index contributed by atoms with van der Waals surface area (Å²) >= 11 is 16.4. The van der Waals surface area contributed by atoms with Crippen LogP contribution in [0, 0.1) is 0 Å². The Balaban J connectivity index is 2.95. The Kier molecular flexibility index (Phi) is 4.99. The van der Waals surface area contributed by atoms with Gasteiger partial charge in [0, 0.05) is 11.5 Å². The number of hydrogen-bond donors (Lipinski definition) is 0. The average Bonchev–Trinajstić information content (AvgIpc) is 1.27. The molecule has 4 heteroatoms. The van der Waals surface area contributed by atoms with Crippen LogP contribution in [-0.4, -0.2) is 11.5 Å². The van der Waals surface area contributed by atoms with E-state index >= 15 is 0 Å². The van der Waals surface area contributed by atoms with Gasteiger partial charge in [0.2, 0.25) is 0 Å². The largest absolute Gasteiger partial charge is 0.123 e. The molecule has 0 rings (SSSR count). The van der Waals surface area contributed by atoms with Crippen LogP contribution in [0.5, 0.6) is 0 Å². The minimum atomic E-state index is -0.827. The zero-order valence-corrected chi connectivity index (χ0v) is 7.03. The minimum Gasteiger partial charge on any atom is -0.123 e. The third kappa shape index (κ3) is 7.30. The quantitative estimate of drug-likeness (QED) is 0.450. The first-order chi connectivity index (χ1) is 3.13.